The highest BCUT2D eigenvalue weighted by Gasteiger charge is 2.23. The van der Waals surface area contributed by atoms with Crippen molar-refractivity contribution in [2.45, 2.75) is 32.2 Å². The summed E-state index contributed by atoms with van der Waals surface area (Å²) < 4.78 is 9.99. The molecule has 0 aliphatic rings. The van der Waals surface area contributed by atoms with Crippen LogP contribution in [0.2, 0.25) is 0 Å². The second kappa shape index (κ2) is 6.58. The van der Waals surface area contributed by atoms with Gasteiger partial charge >= 0.3 is 12.0 Å². The van der Waals surface area contributed by atoms with Gasteiger partial charge in [-0.1, -0.05) is 6.92 Å². The van der Waals surface area contributed by atoms with E-state index in [0.29, 0.717) is 11.8 Å². The molecule has 7 heteroatoms. The third-order valence-corrected chi connectivity index (χ3v) is 2.99. The molecule has 0 amide bonds. The van der Waals surface area contributed by atoms with Crippen LogP contribution in [0.5, 0.6) is 12.0 Å². The maximum Gasteiger partial charge on any atom is 0.324 e. The number of alkyl halides is 1. The SMILES string of the molecule is CCC(C)(CCCl)Nc1nc(OC)nc(OC)n1. The third kappa shape index (κ3) is 3.87. The molecule has 1 heterocycles. The fourth-order valence-corrected chi connectivity index (χ4v) is 1.80. The first-order valence-corrected chi connectivity index (χ1v) is 6.28. The maximum absolute atomic E-state index is 5.81. The molecule has 0 aromatic carbocycles. The lowest BCUT2D eigenvalue weighted by molar-refractivity contribution is 0.339. The average molecular weight is 275 g/mol. The minimum absolute atomic E-state index is 0.168. The lowest BCUT2D eigenvalue weighted by atomic mass is 9.96. The van der Waals surface area contributed by atoms with E-state index in [1.807, 2.05) is 0 Å². The van der Waals surface area contributed by atoms with Gasteiger partial charge in [-0.25, -0.2) is 0 Å². The van der Waals surface area contributed by atoms with Crippen molar-refractivity contribution >= 4 is 17.5 Å². The van der Waals surface area contributed by atoms with E-state index in [2.05, 4.69) is 34.1 Å². The molecule has 0 saturated carbocycles. The molecule has 0 fully saturated rings. The Morgan fingerprint density at radius 3 is 2.11 bits per heavy atom. The van der Waals surface area contributed by atoms with Gasteiger partial charge in [0.1, 0.15) is 0 Å². The van der Waals surface area contributed by atoms with Crippen LogP contribution in [0.15, 0.2) is 0 Å². The molecule has 1 aromatic rings. The second-order valence-electron chi connectivity index (χ2n) is 4.11. The number of hydrogen-bond donors (Lipinski definition) is 1. The Labute approximate surface area is 112 Å². The minimum atomic E-state index is -0.168. The van der Waals surface area contributed by atoms with Crippen molar-refractivity contribution in [3.8, 4) is 12.0 Å². The number of hydrogen-bond acceptors (Lipinski definition) is 6. The molecule has 1 unspecified atom stereocenters. The Kier molecular flexibility index (Phi) is 5.40. The van der Waals surface area contributed by atoms with Crippen molar-refractivity contribution in [2.75, 3.05) is 25.4 Å². The molecule has 0 radical (unpaired) electrons. The van der Waals surface area contributed by atoms with E-state index in [1.54, 1.807) is 0 Å². The Balaban J connectivity index is 2.94. The molecule has 1 atom stereocenters. The van der Waals surface area contributed by atoms with Gasteiger partial charge in [-0.05, 0) is 19.8 Å². The normalized spacial score (nSPS) is 13.8. The van der Waals surface area contributed by atoms with E-state index in [4.69, 9.17) is 21.1 Å². The monoisotopic (exact) mass is 274 g/mol. The standard InChI is InChI=1S/C11H19ClN4O2/c1-5-11(2,6-7-12)16-8-13-9(17-3)15-10(14-8)18-4/h5-7H2,1-4H3,(H,13,14,15,16). The number of aromatic nitrogens is 3. The van der Waals surface area contributed by atoms with Crippen LogP contribution in [0.25, 0.3) is 0 Å². The minimum Gasteiger partial charge on any atom is -0.467 e. The van der Waals surface area contributed by atoms with Gasteiger partial charge in [0.05, 0.1) is 14.2 Å². The topological polar surface area (TPSA) is 69.2 Å². The number of nitrogens with zero attached hydrogens (tertiary/aromatic N) is 3. The van der Waals surface area contributed by atoms with Crippen LogP contribution in [-0.2, 0) is 0 Å². The van der Waals surface area contributed by atoms with Crippen LogP contribution < -0.4 is 14.8 Å². The number of rotatable bonds is 7. The summed E-state index contributed by atoms with van der Waals surface area (Å²) in [4.78, 5) is 12.2. The lowest BCUT2D eigenvalue weighted by Gasteiger charge is -2.28. The van der Waals surface area contributed by atoms with Crippen molar-refractivity contribution in [2.24, 2.45) is 0 Å². The number of methoxy groups -OCH3 is 2. The summed E-state index contributed by atoms with van der Waals surface area (Å²) in [5, 5.41) is 3.25. The molecule has 0 saturated heterocycles. The van der Waals surface area contributed by atoms with E-state index in [0.717, 1.165) is 12.8 Å². The van der Waals surface area contributed by atoms with Crippen LogP contribution in [0.1, 0.15) is 26.7 Å². The van der Waals surface area contributed by atoms with Gasteiger partial charge in [-0.2, -0.15) is 9.97 Å². The Bertz CT molecular complexity index is 369. The Morgan fingerprint density at radius 2 is 1.72 bits per heavy atom. The van der Waals surface area contributed by atoms with E-state index < -0.39 is 0 Å². The molecule has 1 N–H and O–H groups in total. The highest BCUT2D eigenvalue weighted by atomic mass is 35.5. The summed E-state index contributed by atoms with van der Waals surface area (Å²) >= 11 is 5.81. The van der Waals surface area contributed by atoms with Gasteiger partial charge in [0.2, 0.25) is 5.95 Å². The van der Waals surface area contributed by atoms with Crippen molar-refractivity contribution in [1.29, 1.82) is 0 Å². The highest BCUT2D eigenvalue weighted by Crippen LogP contribution is 2.22. The lowest BCUT2D eigenvalue weighted by Crippen LogP contribution is -2.35. The van der Waals surface area contributed by atoms with Crippen molar-refractivity contribution in [3.05, 3.63) is 0 Å². The van der Waals surface area contributed by atoms with Crippen molar-refractivity contribution in [1.82, 2.24) is 15.0 Å². The summed E-state index contributed by atoms with van der Waals surface area (Å²) in [7, 11) is 2.99. The van der Waals surface area contributed by atoms with Crippen molar-refractivity contribution in [3.63, 3.8) is 0 Å². The van der Waals surface area contributed by atoms with Crippen LogP contribution >= 0.6 is 11.6 Å². The number of halogens is 1. The third-order valence-electron chi connectivity index (χ3n) is 2.80. The predicted molar refractivity (Wildman–Crippen MR) is 70.6 cm³/mol. The number of ether oxygens (including phenoxy) is 2. The first kappa shape index (κ1) is 14.8. The van der Waals surface area contributed by atoms with Gasteiger partial charge < -0.3 is 14.8 Å². The first-order valence-electron chi connectivity index (χ1n) is 5.75. The summed E-state index contributed by atoms with van der Waals surface area (Å²) in [6.07, 6.45) is 1.71. The highest BCUT2D eigenvalue weighted by molar-refractivity contribution is 6.17. The Hall–Kier alpha value is -1.30. The molecule has 18 heavy (non-hydrogen) atoms. The van der Waals surface area contributed by atoms with Gasteiger partial charge in [-0.3, -0.25) is 0 Å². The number of anilines is 1. The zero-order valence-electron chi connectivity index (χ0n) is 11.2. The molecule has 102 valence electrons. The molecule has 1 rings (SSSR count). The van der Waals surface area contributed by atoms with Crippen LogP contribution in [0, 0.1) is 0 Å². The zero-order chi connectivity index (χ0) is 13.6. The van der Waals surface area contributed by atoms with Crippen LogP contribution in [0.3, 0.4) is 0 Å². The average Bonchev–Trinajstić information content (AvgIpc) is 2.38. The molecule has 0 bridgehead atoms. The van der Waals surface area contributed by atoms with Crippen LogP contribution in [0.4, 0.5) is 5.95 Å². The fourth-order valence-electron chi connectivity index (χ4n) is 1.38. The zero-order valence-corrected chi connectivity index (χ0v) is 11.9. The van der Waals surface area contributed by atoms with Gasteiger partial charge in [-0.15, -0.1) is 16.6 Å². The van der Waals surface area contributed by atoms with Gasteiger partial charge in [0.25, 0.3) is 0 Å². The maximum atomic E-state index is 5.81. The Morgan fingerprint density at radius 1 is 1.17 bits per heavy atom. The van der Waals surface area contributed by atoms with E-state index in [1.165, 1.54) is 14.2 Å². The smallest absolute Gasteiger partial charge is 0.324 e. The molecular weight excluding hydrogens is 256 g/mol. The quantitative estimate of drug-likeness (QED) is 0.768. The van der Waals surface area contributed by atoms with Crippen molar-refractivity contribution < 1.29 is 9.47 Å². The molecule has 0 spiro atoms. The summed E-state index contributed by atoms with van der Waals surface area (Å²) in [5.74, 6) is 0.990. The van der Waals surface area contributed by atoms with Gasteiger partial charge in [0, 0.05) is 11.4 Å². The number of nitrogens with one attached hydrogen (secondary N) is 1. The van der Waals surface area contributed by atoms with Gasteiger partial charge in [0.15, 0.2) is 0 Å². The fraction of sp³-hybridized carbons (Fsp3) is 0.727. The van der Waals surface area contributed by atoms with Crippen LogP contribution in [-0.4, -0.2) is 40.6 Å². The summed E-state index contributed by atoms with van der Waals surface area (Å²) in [5.41, 5.74) is -0.168. The summed E-state index contributed by atoms with van der Waals surface area (Å²) in [6, 6.07) is 0.433. The molecule has 0 aliphatic heterocycles. The predicted octanol–water partition coefficient (Wildman–Crippen LogP) is 2.10. The first-order chi connectivity index (χ1) is 8.56. The summed E-state index contributed by atoms with van der Waals surface area (Å²) in [6.45, 7) is 4.15. The molecule has 0 aliphatic carbocycles. The second-order valence-corrected chi connectivity index (χ2v) is 4.49. The molecular formula is C11H19ClN4O2. The largest absolute Gasteiger partial charge is 0.467 e. The van der Waals surface area contributed by atoms with E-state index in [-0.39, 0.29) is 17.6 Å². The molecule has 6 nitrogen and oxygen atoms in total. The van der Waals surface area contributed by atoms with E-state index in [9.17, 15) is 0 Å². The van der Waals surface area contributed by atoms with E-state index >= 15 is 0 Å². The molecule has 1 aromatic heterocycles.